The Bertz CT molecular complexity index is 574. The maximum atomic E-state index is 13.7. The third-order valence-corrected chi connectivity index (χ3v) is 3.13. The Labute approximate surface area is 102 Å². The van der Waals surface area contributed by atoms with Crippen LogP contribution in [0.2, 0.25) is 0 Å². The van der Waals surface area contributed by atoms with Crippen LogP contribution in [0, 0.1) is 17.1 Å². The summed E-state index contributed by atoms with van der Waals surface area (Å²) in [5, 5.41) is 10.9. The fourth-order valence-electron chi connectivity index (χ4n) is 1.47. The van der Waals surface area contributed by atoms with Gasteiger partial charge < -0.3 is 4.74 Å². The second-order valence-electron chi connectivity index (χ2n) is 3.30. The molecule has 86 valence electrons. The molecule has 0 radical (unpaired) electrons. The van der Waals surface area contributed by atoms with E-state index in [9.17, 15) is 4.39 Å². The maximum Gasteiger partial charge on any atom is 0.137 e. The average molecular weight is 248 g/mol. The van der Waals surface area contributed by atoms with Crippen molar-refractivity contribution in [1.29, 1.82) is 5.26 Å². The summed E-state index contributed by atoms with van der Waals surface area (Å²) >= 11 is 1.30. The number of methoxy groups -OCH3 is 1. The zero-order valence-corrected chi connectivity index (χ0v) is 9.92. The summed E-state index contributed by atoms with van der Waals surface area (Å²) in [6.07, 6.45) is 0.229. The van der Waals surface area contributed by atoms with Crippen LogP contribution in [0.3, 0.4) is 0 Å². The fraction of sp³-hybridized carbons (Fsp3) is 0.167. The van der Waals surface area contributed by atoms with Gasteiger partial charge in [0.15, 0.2) is 0 Å². The standard InChI is InChI=1S/C12H9FN2OS/c1-16-10-4-2-3-9(13)11(10)12-15-8(5-6-14)7-17-12/h2-4,7H,5H2,1H3. The van der Waals surface area contributed by atoms with Gasteiger partial charge in [0.2, 0.25) is 0 Å². The smallest absolute Gasteiger partial charge is 0.137 e. The van der Waals surface area contributed by atoms with Crippen molar-refractivity contribution < 1.29 is 9.13 Å². The Balaban J connectivity index is 2.48. The van der Waals surface area contributed by atoms with Gasteiger partial charge in [-0.2, -0.15) is 5.26 Å². The quantitative estimate of drug-likeness (QED) is 0.838. The normalized spacial score (nSPS) is 9.94. The van der Waals surface area contributed by atoms with Gasteiger partial charge in [0, 0.05) is 5.38 Å². The number of nitriles is 1. The van der Waals surface area contributed by atoms with E-state index in [-0.39, 0.29) is 12.2 Å². The average Bonchev–Trinajstić information content (AvgIpc) is 2.77. The number of rotatable bonds is 3. The number of hydrogen-bond donors (Lipinski definition) is 0. The number of halogens is 1. The second-order valence-corrected chi connectivity index (χ2v) is 4.15. The van der Waals surface area contributed by atoms with Gasteiger partial charge in [-0.1, -0.05) is 6.07 Å². The molecule has 17 heavy (non-hydrogen) atoms. The molecule has 0 spiro atoms. The summed E-state index contributed by atoms with van der Waals surface area (Å²) in [4.78, 5) is 4.22. The lowest BCUT2D eigenvalue weighted by Crippen LogP contribution is -1.91. The fourth-order valence-corrected chi connectivity index (χ4v) is 2.34. The van der Waals surface area contributed by atoms with Gasteiger partial charge in [0.1, 0.15) is 16.6 Å². The van der Waals surface area contributed by atoms with Crippen LogP contribution < -0.4 is 4.74 Å². The summed E-state index contributed by atoms with van der Waals surface area (Å²) in [6, 6.07) is 6.64. The van der Waals surface area contributed by atoms with Gasteiger partial charge in [-0.3, -0.25) is 0 Å². The van der Waals surface area contributed by atoms with Crippen molar-refractivity contribution in [3.63, 3.8) is 0 Å². The van der Waals surface area contributed by atoms with E-state index in [0.29, 0.717) is 22.0 Å². The van der Waals surface area contributed by atoms with Crippen LogP contribution in [-0.4, -0.2) is 12.1 Å². The predicted octanol–water partition coefficient (Wildman–Crippen LogP) is 3.02. The van der Waals surface area contributed by atoms with Gasteiger partial charge in [0.05, 0.1) is 30.9 Å². The van der Waals surface area contributed by atoms with Crippen molar-refractivity contribution in [2.75, 3.05) is 7.11 Å². The van der Waals surface area contributed by atoms with E-state index in [1.807, 2.05) is 6.07 Å². The van der Waals surface area contributed by atoms with Crippen molar-refractivity contribution >= 4 is 11.3 Å². The lowest BCUT2D eigenvalue weighted by Gasteiger charge is -2.06. The first kappa shape index (κ1) is 11.6. The second kappa shape index (κ2) is 4.93. The molecule has 0 saturated heterocycles. The largest absolute Gasteiger partial charge is 0.496 e. The molecule has 1 aromatic carbocycles. The number of nitrogens with zero attached hydrogens (tertiary/aromatic N) is 2. The third-order valence-electron chi connectivity index (χ3n) is 2.22. The summed E-state index contributed by atoms with van der Waals surface area (Å²) < 4.78 is 18.9. The van der Waals surface area contributed by atoms with E-state index in [1.54, 1.807) is 17.5 Å². The molecule has 0 amide bonds. The Hall–Kier alpha value is -1.93. The third kappa shape index (κ3) is 2.27. The SMILES string of the molecule is COc1cccc(F)c1-c1nc(CC#N)cs1. The monoisotopic (exact) mass is 248 g/mol. The van der Waals surface area contributed by atoms with Gasteiger partial charge in [-0.05, 0) is 12.1 Å². The summed E-state index contributed by atoms with van der Waals surface area (Å²) in [5.74, 6) is 0.0741. The highest BCUT2D eigenvalue weighted by Crippen LogP contribution is 2.34. The van der Waals surface area contributed by atoms with Gasteiger partial charge >= 0.3 is 0 Å². The number of benzene rings is 1. The first-order valence-corrected chi connectivity index (χ1v) is 5.78. The van der Waals surface area contributed by atoms with Crippen LogP contribution in [0.5, 0.6) is 5.75 Å². The number of ether oxygens (including phenoxy) is 1. The van der Waals surface area contributed by atoms with Crippen LogP contribution in [0.25, 0.3) is 10.6 Å². The maximum absolute atomic E-state index is 13.7. The molecular weight excluding hydrogens is 239 g/mol. The van der Waals surface area contributed by atoms with Crippen molar-refractivity contribution in [3.8, 4) is 22.4 Å². The van der Waals surface area contributed by atoms with Gasteiger partial charge in [0.25, 0.3) is 0 Å². The van der Waals surface area contributed by atoms with E-state index >= 15 is 0 Å². The number of aromatic nitrogens is 1. The molecule has 0 fully saturated rings. The molecule has 0 aliphatic rings. The van der Waals surface area contributed by atoms with Gasteiger partial charge in [-0.25, -0.2) is 9.37 Å². The van der Waals surface area contributed by atoms with E-state index < -0.39 is 0 Å². The number of thiazole rings is 1. The highest BCUT2D eigenvalue weighted by Gasteiger charge is 2.14. The molecule has 0 unspecified atom stereocenters. The molecule has 0 atom stereocenters. The van der Waals surface area contributed by atoms with E-state index in [0.717, 1.165) is 0 Å². The van der Waals surface area contributed by atoms with Crippen molar-refractivity contribution in [1.82, 2.24) is 4.98 Å². The number of hydrogen-bond acceptors (Lipinski definition) is 4. The Morgan fingerprint density at radius 1 is 1.53 bits per heavy atom. The predicted molar refractivity (Wildman–Crippen MR) is 63.4 cm³/mol. The Morgan fingerprint density at radius 2 is 2.35 bits per heavy atom. The van der Waals surface area contributed by atoms with E-state index in [4.69, 9.17) is 10.00 Å². The Kier molecular flexibility index (Phi) is 3.35. The van der Waals surface area contributed by atoms with Crippen molar-refractivity contribution in [3.05, 3.63) is 35.1 Å². The van der Waals surface area contributed by atoms with Crippen LogP contribution in [0.15, 0.2) is 23.6 Å². The molecule has 0 aliphatic heterocycles. The minimum absolute atomic E-state index is 0.229. The van der Waals surface area contributed by atoms with Crippen LogP contribution in [-0.2, 0) is 6.42 Å². The zero-order chi connectivity index (χ0) is 12.3. The topological polar surface area (TPSA) is 45.9 Å². The summed E-state index contributed by atoms with van der Waals surface area (Å²) in [7, 11) is 1.49. The van der Waals surface area contributed by atoms with Crippen LogP contribution >= 0.6 is 11.3 Å². The van der Waals surface area contributed by atoms with Crippen LogP contribution in [0.1, 0.15) is 5.69 Å². The van der Waals surface area contributed by atoms with E-state index in [2.05, 4.69) is 4.98 Å². The molecular formula is C12H9FN2OS. The van der Waals surface area contributed by atoms with Crippen LogP contribution in [0.4, 0.5) is 4.39 Å². The summed E-state index contributed by atoms with van der Waals surface area (Å²) in [5.41, 5.74) is 1.00. The molecule has 0 N–H and O–H groups in total. The minimum atomic E-state index is -0.373. The molecule has 0 bridgehead atoms. The van der Waals surface area contributed by atoms with Crippen molar-refractivity contribution in [2.24, 2.45) is 0 Å². The molecule has 0 aliphatic carbocycles. The Morgan fingerprint density at radius 3 is 3.06 bits per heavy atom. The first-order chi connectivity index (χ1) is 8.26. The first-order valence-electron chi connectivity index (χ1n) is 4.90. The molecule has 5 heteroatoms. The highest BCUT2D eigenvalue weighted by atomic mass is 32.1. The molecule has 1 heterocycles. The van der Waals surface area contributed by atoms with Crippen molar-refractivity contribution in [2.45, 2.75) is 6.42 Å². The minimum Gasteiger partial charge on any atom is -0.496 e. The molecule has 2 aromatic rings. The highest BCUT2D eigenvalue weighted by molar-refractivity contribution is 7.13. The zero-order valence-electron chi connectivity index (χ0n) is 9.11. The lowest BCUT2D eigenvalue weighted by atomic mass is 10.2. The lowest BCUT2D eigenvalue weighted by molar-refractivity contribution is 0.413. The van der Waals surface area contributed by atoms with Gasteiger partial charge in [-0.15, -0.1) is 11.3 Å². The molecule has 2 rings (SSSR count). The van der Waals surface area contributed by atoms with E-state index in [1.165, 1.54) is 24.5 Å². The summed E-state index contributed by atoms with van der Waals surface area (Å²) in [6.45, 7) is 0. The molecule has 0 saturated carbocycles. The molecule has 3 nitrogen and oxygen atoms in total. The molecule has 1 aromatic heterocycles.